The first-order valence-corrected chi connectivity index (χ1v) is 8.57. The standard InChI is InChI=1S/C17H22Cl2N4O2/c1-17(2,3)25-16(24)22-15-12(10-21-23(15)4)9-20-8-11-6-5-7-13(18)14(11)19/h5-7,10,20H,8-9H2,1-4H3,(H,22,24). The van der Waals surface area contributed by atoms with E-state index in [0.29, 0.717) is 29.0 Å². The van der Waals surface area contributed by atoms with Gasteiger partial charge in [-0.25, -0.2) is 4.79 Å². The Bertz CT molecular complexity index is 754. The molecule has 0 saturated heterocycles. The fourth-order valence-corrected chi connectivity index (χ4v) is 2.58. The van der Waals surface area contributed by atoms with Gasteiger partial charge in [-0.3, -0.25) is 10.00 Å². The summed E-state index contributed by atoms with van der Waals surface area (Å²) < 4.78 is 6.87. The van der Waals surface area contributed by atoms with Gasteiger partial charge < -0.3 is 10.1 Å². The first-order valence-electron chi connectivity index (χ1n) is 7.82. The van der Waals surface area contributed by atoms with Crippen molar-refractivity contribution >= 4 is 35.1 Å². The molecule has 8 heteroatoms. The van der Waals surface area contributed by atoms with Crippen molar-refractivity contribution < 1.29 is 9.53 Å². The summed E-state index contributed by atoms with van der Waals surface area (Å²) in [5.41, 5.74) is 1.18. The molecule has 2 aromatic rings. The molecule has 0 radical (unpaired) electrons. The van der Waals surface area contributed by atoms with Crippen molar-refractivity contribution in [2.45, 2.75) is 39.5 Å². The second-order valence-electron chi connectivity index (χ2n) is 6.59. The summed E-state index contributed by atoms with van der Waals surface area (Å²) in [5.74, 6) is 0.582. The minimum absolute atomic E-state index is 0.502. The molecule has 136 valence electrons. The van der Waals surface area contributed by atoms with E-state index in [2.05, 4.69) is 15.7 Å². The van der Waals surface area contributed by atoms with Crippen LogP contribution in [0, 0.1) is 0 Å². The first kappa shape index (κ1) is 19.6. The smallest absolute Gasteiger partial charge is 0.413 e. The van der Waals surface area contributed by atoms with E-state index >= 15 is 0 Å². The molecule has 0 aliphatic heterocycles. The number of halogens is 2. The summed E-state index contributed by atoms with van der Waals surface area (Å²) in [6, 6.07) is 5.51. The number of carbonyl (C=O) groups excluding carboxylic acids is 1. The van der Waals surface area contributed by atoms with Crippen LogP contribution in [-0.4, -0.2) is 21.5 Å². The van der Waals surface area contributed by atoms with E-state index in [4.69, 9.17) is 27.9 Å². The number of benzene rings is 1. The minimum atomic E-state index is -0.565. The van der Waals surface area contributed by atoms with E-state index in [9.17, 15) is 4.79 Å². The fourth-order valence-electron chi connectivity index (χ4n) is 2.19. The lowest BCUT2D eigenvalue weighted by atomic mass is 10.2. The third-order valence-electron chi connectivity index (χ3n) is 3.30. The zero-order valence-corrected chi connectivity index (χ0v) is 16.2. The van der Waals surface area contributed by atoms with E-state index < -0.39 is 11.7 Å². The maximum absolute atomic E-state index is 12.0. The van der Waals surface area contributed by atoms with Gasteiger partial charge in [0, 0.05) is 25.7 Å². The average molecular weight is 385 g/mol. The number of nitrogens with one attached hydrogen (secondary N) is 2. The van der Waals surface area contributed by atoms with Crippen LogP contribution in [0.4, 0.5) is 10.6 Å². The summed E-state index contributed by atoms with van der Waals surface area (Å²) in [6.07, 6.45) is 1.18. The molecular weight excluding hydrogens is 363 g/mol. The van der Waals surface area contributed by atoms with Crippen LogP contribution in [0.25, 0.3) is 0 Å². The summed E-state index contributed by atoms with van der Waals surface area (Å²) in [4.78, 5) is 12.0. The molecule has 2 rings (SSSR count). The fraction of sp³-hybridized carbons (Fsp3) is 0.412. The Labute approximate surface area is 157 Å². The Morgan fingerprint density at radius 2 is 1.92 bits per heavy atom. The summed E-state index contributed by atoms with van der Waals surface area (Å²) in [5, 5.41) is 11.3. The maximum Gasteiger partial charge on any atom is 0.413 e. The third-order valence-corrected chi connectivity index (χ3v) is 4.15. The van der Waals surface area contributed by atoms with Crippen molar-refractivity contribution in [3.05, 3.63) is 45.6 Å². The van der Waals surface area contributed by atoms with Crippen LogP contribution in [0.5, 0.6) is 0 Å². The van der Waals surface area contributed by atoms with E-state index in [0.717, 1.165) is 11.1 Å². The zero-order chi connectivity index (χ0) is 18.6. The second-order valence-corrected chi connectivity index (χ2v) is 7.37. The molecule has 1 aromatic heterocycles. The van der Waals surface area contributed by atoms with E-state index in [1.54, 1.807) is 24.0 Å². The highest BCUT2D eigenvalue weighted by atomic mass is 35.5. The second kappa shape index (κ2) is 8.08. The lowest BCUT2D eigenvalue weighted by Crippen LogP contribution is -2.28. The van der Waals surface area contributed by atoms with Crippen molar-refractivity contribution in [3.63, 3.8) is 0 Å². The summed E-state index contributed by atoms with van der Waals surface area (Å²) in [7, 11) is 1.75. The highest BCUT2D eigenvalue weighted by Gasteiger charge is 2.19. The molecule has 0 spiro atoms. The van der Waals surface area contributed by atoms with Gasteiger partial charge in [-0.1, -0.05) is 35.3 Å². The largest absolute Gasteiger partial charge is 0.444 e. The number of hydrogen-bond donors (Lipinski definition) is 2. The SMILES string of the molecule is Cn1ncc(CNCc2cccc(Cl)c2Cl)c1NC(=O)OC(C)(C)C. The topological polar surface area (TPSA) is 68.2 Å². The summed E-state index contributed by atoms with van der Waals surface area (Å²) >= 11 is 12.2. The number of amides is 1. The van der Waals surface area contributed by atoms with Crippen molar-refractivity contribution in [1.29, 1.82) is 0 Å². The number of aromatic nitrogens is 2. The number of rotatable bonds is 5. The lowest BCUT2D eigenvalue weighted by Gasteiger charge is -2.20. The molecule has 25 heavy (non-hydrogen) atoms. The number of nitrogens with zero attached hydrogens (tertiary/aromatic N) is 2. The maximum atomic E-state index is 12.0. The van der Waals surface area contributed by atoms with Crippen LogP contribution in [0.2, 0.25) is 10.0 Å². The first-order chi connectivity index (χ1) is 11.7. The van der Waals surface area contributed by atoms with Crippen LogP contribution in [0.1, 0.15) is 31.9 Å². The molecule has 6 nitrogen and oxygen atoms in total. The van der Waals surface area contributed by atoms with E-state index in [-0.39, 0.29) is 0 Å². The number of hydrogen-bond acceptors (Lipinski definition) is 4. The Hall–Kier alpha value is -1.76. The predicted octanol–water partition coefficient (Wildman–Crippen LogP) is 4.36. The zero-order valence-electron chi connectivity index (χ0n) is 14.7. The van der Waals surface area contributed by atoms with Crippen molar-refractivity contribution in [1.82, 2.24) is 15.1 Å². The van der Waals surface area contributed by atoms with Crippen molar-refractivity contribution in [2.24, 2.45) is 7.05 Å². The van der Waals surface area contributed by atoms with Gasteiger partial charge in [-0.2, -0.15) is 5.10 Å². The normalized spacial score (nSPS) is 11.4. The summed E-state index contributed by atoms with van der Waals surface area (Å²) in [6.45, 7) is 6.48. The molecule has 0 atom stereocenters. The van der Waals surface area contributed by atoms with Gasteiger partial charge in [-0.05, 0) is 32.4 Å². The van der Waals surface area contributed by atoms with Gasteiger partial charge in [0.05, 0.1) is 16.2 Å². The molecule has 2 N–H and O–H groups in total. The molecule has 0 fully saturated rings. The van der Waals surface area contributed by atoms with Crippen LogP contribution in [0.15, 0.2) is 24.4 Å². The average Bonchev–Trinajstić information content (AvgIpc) is 2.83. The van der Waals surface area contributed by atoms with Gasteiger partial charge in [0.25, 0.3) is 0 Å². The molecule has 0 bridgehead atoms. The van der Waals surface area contributed by atoms with Gasteiger partial charge in [-0.15, -0.1) is 0 Å². The molecule has 1 amide bonds. The van der Waals surface area contributed by atoms with Crippen LogP contribution in [-0.2, 0) is 24.9 Å². The number of carbonyl (C=O) groups is 1. The highest BCUT2D eigenvalue weighted by molar-refractivity contribution is 6.42. The Morgan fingerprint density at radius 3 is 2.60 bits per heavy atom. The monoisotopic (exact) mass is 384 g/mol. The Kier molecular flexibility index (Phi) is 6.32. The number of ether oxygens (including phenoxy) is 1. The van der Waals surface area contributed by atoms with E-state index in [1.165, 1.54) is 0 Å². The number of aryl methyl sites for hydroxylation is 1. The highest BCUT2D eigenvalue weighted by Crippen LogP contribution is 2.25. The number of anilines is 1. The van der Waals surface area contributed by atoms with Gasteiger partial charge in [0.2, 0.25) is 0 Å². The Morgan fingerprint density at radius 1 is 1.24 bits per heavy atom. The van der Waals surface area contributed by atoms with Crippen LogP contribution >= 0.6 is 23.2 Å². The Balaban J connectivity index is 1.99. The van der Waals surface area contributed by atoms with Crippen molar-refractivity contribution in [3.8, 4) is 0 Å². The van der Waals surface area contributed by atoms with Gasteiger partial charge >= 0.3 is 6.09 Å². The van der Waals surface area contributed by atoms with Crippen molar-refractivity contribution in [2.75, 3.05) is 5.32 Å². The predicted molar refractivity (Wildman–Crippen MR) is 100 cm³/mol. The molecule has 0 aliphatic rings. The van der Waals surface area contributed by atoms with Crippen LogP contribution < -0.4 is 10.6 Å². The quantitative estimate of drug-likeness (QED) is 0.802. The molecule has 1 heterocycles. The molecule has 0 aliphatic carbocycles. The lowest BCUT2D eigenvalue weighted by molar-refractivity contribution is 0.0634. The van der Waals surface area contributed by atoms with Gasteiger partial charge in [0.15, 0.2) is 0 Å². The molecule has 0 saturated carbocycles. The van der Waals surface area contributed by atoms with Crippen LogP contribution in [0.3, 0.4) is 0 Å². The molecule has 0 unspecified atom stereocenters. The minimum Gasteiger partial charge on any atom is -0.444 e. The molecular formula is C17H22Cl2N4O2. The van der Waals surface area contributed by atoms with Gasteiger partial charge in [0.1, 0.15) is 11.4 Å². The van der Waals surface area contributed by atoms with E-state index in [1.807, 2.05) is 32.9 Å². The third kappa shape index (κ3) is 5.63. The molecule has 1 aromatic carbocycles.